The number of hydrogen-bond donors (Lipinski definition) is 1. The normalized spacial score (nSPS) is 10.9. The van der Waals surface area contributed by atoms with Crippen molar-refractivity contribution in [3.63, 3.8) is 0 Å². The summed E-state index contributed by atoms with van der Waals surface area (Å²) in [4.78, 5) is 3.63. The summed E-state index contributed by atoms with van der Waals surface area (Å²) in [6.07, 6.45) is 1.32. The Kier molecular flexibility index (Phi) is 2.69. The van der Waals surface area contributed by atoms with E-state index >= 15 is 0 Å². The molecule has 0 amide bonds. The van der Waals surface area contributed by atoms with Gasteiger partial charge in [0.2, 0.25) is 5.88 Å². The molecule has 1 aromatic heterocycles. The molecule has 6 nitrogen and oxygen atoms in total. The first kappa shape index (κ1) is 9.75. The molecule has 1 aromatic rings. The smallest absolute Gasteiger partial charge is 0.381 e. The van der Waals surface area contributed by atoms with Crippen LogP contribution in [0.15, 0.2) is 18.3 Å². The van der Waals surface area contributed by atoms with Crippen molar-refractivity contribution in [1.29, 1.82) is 0 Å². The summed E-state index contributed by atoms with van der Waals surface area (Å²) in [5, 5.41) is 4.62. The van der Waals surface area contributed by atoms with Gasteiger partial charge < -0.3 is 8.92 Å². The van der Waals surface area contributed by atoms with Gasteiger partial charge in [-0.1, -0.05) is 0 Å². The molecule has 2 N–H and O–H groups in total. The summed E-state index contributed by atoms with van der Waals surface area (Å²) in [5.41, 5.74) is 0. The van der Waals surface area contributed by atoms with Gasteiger partial charge in [0.15, 0.2) is 0 Å². The third kappa shape index (κ3) is 3.26. The molecular formula is C6H8N2O4S. The van der Waals surface area contributed by atoms with Crippen LogP contribution in [0.5, 0.6) is 11.6 Å². The number of pyridine rings is 1. The zero-order valence-corrected chi connectivity index (χ0v) is 7.61. The van der Waals surface area contributed by atoms with Crippen LogP contribution in [0.3, 0.4) is 0 Å². The highest BCUT2D eigenvalue weighted by atomic mass is 32.2. The van der Waals surface area contributed by atoms with E-state index in [2.05, 4.69) is 14.3 Å². The topological polar surface area (TPSA) is 91.5 Å². The predicted octanol–water partition coefficient (Wildman–Crippen LogP) is -0.328. The van der Waals surface area contributed by atoms with Crippen molar-refractivity contribution in [2.24, 2.45) is 5.14 Å². The minimum absolute atomic E-state index is 0.0942. The van der Waals surface area contributed by atoms with Crippen molar-refractivity contribution in [2.45, 2.75) is 0 Å². The number of nitrogens with two attached hydrogens (primary N) is 1. The number of rotatable bonds is 3. The van der Waals surface area contributed by atoms with E-state index < -0.39 is 10.3 Å². The van der Waals surface area contributed by atoms with Crippen LogP contribution < -0.4 is 14.1 Å². The maximum Gasteiger partial charge on any atom is 0.381 e. The van der Waals surface area contributed by atoms with E-state index in [-0.39, 0.29) is 5.88 Å². The molecule has 1 rings (SSSR count). The Morgan fingerprint density at radius 3 is 2.54 bits per heavy atom. The Bertz CT molecular complexity index is 372. The summed E-state index contributed by atoms with van der Waals surface area (Å²) in [5.74, 6) is 0.407. The lowest BCUT2D eigenvalue weighted by Gasteiger charge is -2.01. The van der Waals surface area contributed by atoms with Crippen LogP contribution in [-0.4, -0.2) is 20.5 Å². The Hall–Kier alpha value is -1.34. The van der Waals surface area contributed by atoms with Gasteiger partial charge in [0.25, 0.3) is 0 Å². The molecule has 0 saturated heterocycles. The minimum atomic E-state index is -4.00. The minimum Gasteiger partial charge on any atom is -0.495 e. The van der Waals surface area contributed by atoms with Crippen LogP contribution in [0.2, 0.25) is 0 Å². The molecule has 0 unspecified atom stereocenters. The molecule has 0 bridgehead atoms. The molecule has 0 aliphatic carbocycles. The van der Waals surface area contributed by atoms with Crippen LogP contribution in [0, 0.1) is 0 Å². The van der Waals surface area contributed by atoms with Crippen molar-refractivity contribution < 1.29 is 17.3 Å². The number of ether oxygens (including phenoxy) is 1. The van der Waals surface area contributed by atoms with Crippen LogP contribution in [0.1, 0.15) is 0 Å². The van der Waals surface area contributed by atoms with Gasteiger partial charge in [0, 0.05) is 6.07 Å². The van der Waals surface area contributed by atoms with E-state index in [1.165, 1.54) is 25.4 Å². The molecule has 7 heteroatoms. The van der Waals surface area contributed by atoms with E-state index in [1.807, 2.05) is 0 Å². The maximum absolute atomic E-state index is 10.4. The third-order valence-corrected chi connectivity index (χ3v) is 1.55. The number of aromatic nitrogens is 1. The van der Waals surface area contributed by atoms with Crippen molar-refractivity contribution in [2.75, 3.05) is 7.11 Å². The Balaban J connectivity index is 2.81. The fraction of sp³-hybridized carbons (Fsp3) is 0.167. The lowest BCUT2D eigenvalue weighted by Crippen LogP contribution is -2.19. The van der Waals surface area contributed by atoms with Crippen LogP contribution in [0.4, 0.5) is 0 Å². The first-order chi connectivity index (χ1) is 6.01. The monoisotopic (exact) mass is 204 g/mol. The Morgan fingerprint density at radius 2 is 2.15 bits per heavy atom. The van der Waals surface area contributed by atoms with Gasteiger partial charge in [-0.2, -0.15) is 13.6 Å². The standard InChI is InChI=1S/C6H8N2O4S/c1-11-5-2-3-6(8-4-5)12-13(7,9)10/h2-4H,1H3,(H2,7,9,10). The predicted molar refractivity (Wildman–Crippen MR) is 44.5 cm³/mol. The van der Waals surface area contributed by atoms with Crippen molar-refractivity contribution >= 4 is 10.3 Å². The van der Waals surface area contributed by atoms with E-state index in [0.717, 1.165) is 0 Å². The van der Waals surface area contributed by atoms with Gasteiger partial charge in [-0.05, 0) is 6.07 Å². The first-order valence-corrected chi connectivity index (χ1v) is 4.70. The molecule has 1 heterocycles. The average molecular weight is 204 g/mol. The van der Waals surface area contributed by atoms with E-state index in [1.54, 1.807) is 0 Å². The fourth-order valence-electron chi connectivity index (χ4n) is 0.656. The van der Waals surface area contributed by atoms with E-state index in [0.29, 0.717) is 5.75 Å². The van der Waals surface area contributed by atoms with Gasteiger partial charge in [-0.15, -0.1) is 0 Å². The van der Waals surface area contributed by atoms with E-state index in [4.69, 9.17) is 4.74 Å². The zero-order valence-electron chi connectivity index (χ0n) is 6.80. The highest BCUT2D eigenvalue weighted by molar-refractivity contribution is 7.84. The number of hydrogen-bond acceptors (Lipinski definition) is 5. The maximum atomic E-state index is 10.4. The number of nitrogens with zero attached hydrogens (tertiary/aromatic N) is 1. The second-order valence-corrected chi connectivity index (χ2v) is 3.26. The summed E-state index contributed by atoms with van der Waals surface area (Å²) >= 11 is 0. The molecule has 0 aliphatic heterocycles. The molecule has 0 aliphatic rings. The third-order valence-electron chi connectivity index (χ3n) is 1.15. The lowest BCUT2D eigenvalue weighted by molar-refractivity contribution is 0.410. The molecule has 0 atom stereocenters. The first-order valence-electron chi connectivity index (χ1n) is 3.23. The van der Waals surface area contributed by atoms with Gasteiger partial charge >= 0.3 is 10.3 Å². The van der Waals surface area contributed by atoms with Crippen LogP contribution in [-0.2, 0) is 10.3 Å². The molecule has 0 saturated carbocycles. The fourth-order valence-corrected chi connectivity index (χ4v) is 0.992. The molecule has 0 radical (unpaired) electrons. The summed E-state index contributed by atoms with van der Waals surface area (Å²) in [6.45, 7) is 0. The lowest BCUT2D eigenvalue weighted by atomic mass is 10.4. The van der Waals surface area contributed by atoms with Crippen LogP contribution in [0.25, 0.3) is 0 Å². The largest absolute Gasteiger partial charge is 0.495 e. The van der Waals surface area contributed by atoms with E-state index in [9.17, 15) is 8.42 Å². The highest BCUT2D eigenvalue weighted by Gasteiger charge is 2.05. The highest BCUT2D eigenvalue weighted by Crippen LogP contribution is 2.13. The zero-order chi connectivity index (χ0) is 9.90. The van der Waals surface area contributed by atoms with Crippen molar-refractivity contribution in [3.05, 3.63) is 18.3 Å². The molecule has 0 aromatic carbocycles. The second-order valence-electron chi connectivity index (χ2n) is 2.11. The Labute approximate surface area is 75.6 Å². The quantitative estimate of drug-likeness (QED) is 0.728. The number of methoxy groups -OCH3 is 1. The summed E-state index contributed by atoms with van der Waals surface area (Å²) < 4.78 is 30.0. The van der Waals surface area contributed by atoms with Gasteiger partial charge in [-0.25, -0.2) is 4.98 Å². The van der Waals surface area contributed by atoms with Crippen molar-refractivity contribution in [1.82, 2.24) is 4.98 Å². The Morgan fingerprint density at radius 1 is 1.46 bits per heavy atom. The second kappa shape index (κ2) is 3.58. The molecule has 0 spiro atoms. The van der Waals surface area contributed by atoms with Gasteiger partial charge in [-0.3, -0.25) is 0 Å². The molecule has 0 fully saturated rings. The SMILES string of the molecule is COc1ccc(OS(N)(=O)=O)nc1. The summed E-state index contributed by atoms with van der Waals surface area (Å²) in [7, 11) is -2.53. The molecule has 72 valence electrons. The van der Waals surface area contributed by atoms with Gasteiger partial charge in [0.1, 0.15) is 5.75 Å². The average Bonchev–Trinajstić information content (AvgIpc) is 2.03. The molecular weight excluding hydrogens is 196 g/mol. The van der Waals surface area contributed by atoms with Gasteiger partial charge in [0.05, 0.1) is 13.3 Å². The summed E-state index contributed by atoms with van der Waals surface area (Å²) in [6, 6.07) is 2.84. The van der Waals surface area contributed by atoms with Crippen LogP contribution >= 0.6 is 0 Å². The van der Waals surface area contributed by atoms with Crippen molar-refractivity contribution in [3.8, 4) is 11.6 Å². The molecule has 13 heavy (non-hydrogen) atoms.